The molecule has 1 aromatic carbocycles. The van der Waals surface area contributed by atoms with Crippen LogP contribution in [0, 0.1) is 0 Å². The molecule has 0 heterocycles. The van der Waals surface area contributed by atoms with E-state index in [-0.39, 0.29) is 0 Å². The summed E-state index contributed by atoms with van der Waals surface area (Å²) in [5.74, 6) is 0. The summed E-state index contributed by atoms with van der Waals surface area (Å²) >= 11 is -3.05. The second-order valence-corrected chi connectivity index (χ2v) is 21.0. The first-order valence-electron chi connectivity index (χ1n) is 2.77. The fourth-order valence-electron chi connectivity index (χ4n) is 0.453. The standard InChI is InChI=1S/C6H7N.Cl4I/c7-6-4-2-1-3-5-6;1-5(2,3)4/h1-5H,7H2;/q;-1. The van der Waals surface area contributed by atoms with Gasteiger partial charge in [-0.1, -0.05) is 18.2 Å². The van der Waals surface area contributed by atoms with Crippen molar-refractivity contribution in [2.75, 3.05) is 5.73 Å². The Kier molecular flexibility index (Phi) is 6.86. The molecule has 12 heavy (non-hydrogen) atoms. The Bertz CT molecular complexity index is 205. The van der Waals surface area contributed by atoms with Crippen LogP contribution in [0.25, 0.3) is 0 Å². The molecule has 0 aliphatic heterocycles. The minimum Gasteiger partial charge on any atom is -0.399 e. The molecule has 72 valence electrons. The maximum atomic E-state index is 5.36. The Morgan fingerprint density at radius 1 is 0.917 bits per heavy atom. The molecule has 0 bridgehead atoms. The van der Waals surface area contributed by atoms with E-state index in [9.17, 15) is 0 Å². The van der Waals surface area contributed by atoms with Gasteiger partial charge in [0.15, 0.2) is 0 Å². The van der Waals surface area contributed by atoms with Crippen LogP contribution in [0.4, 0.5) is 5.69 Å². The predicted molar refractivity (Wildman–Crippen MR) is 54.3 cm³/mol. The molecule has 2 N–H and O–H groups in total. The number of hydrogen-bond donors (Lipinski definition) is 1. The van der Waals surface area contributed by atoms with Gasteiger partial charge in [0.2, 0.25) is 0 Å². The second kappa shape index (κ2) is 6.38. The van der Waals surface area contributed by atoms with E-state index in [4.69, 9.17) is 41.4 Å². The van der Waals surface area contributed by atoms with Crippen LogP contribution in [0.1, 0.15) is 0 Å². The zero-order valence-electron chi connectivity index (χ0n) is 5.85. The average Bonchev–Trinajstić information content (AvgIpc) is 1.85. The van der Waals surface area contributed by atoms with Crippen LogP contribution < -0.4 is 19.7 Å². The third-order valence-corrected chi connectivity index (χ3v) is 0.800. The fourth-order valence-corrected chi connectivity index (χ4v) is 0.453. The van der Waals surface area contributed by atoms with Crippen LogP contribution >= 0.6 is 35.6 Å². The molecule has 0 saturated carbocycles. The molecule has 6 heteroatoms. The molecule has 0 spiro atoms. The number of halogens is 5. The van der Waals surface area contributed by atoms with Gasteiger partial charge in [-0.25, -0.2) is 0 Å². The first-order valence-corrected chi connectivity index (χ1v) is 13.7. The number of nitrogens with two attached hydrogens (primary N) is 1. The van der Waals surface area contributed by atoms with Crippen LogP contribution in [0.3, 0.4) is 0 Å². The molecule has 1 nitrogen and oxygen atoms in total. The largest absolute Gasteiger partial charge is 0.399 e. The van der Waals surface area contributed by atoms with Gasteiger partial charge in [0.25, 0.3) is 0 Å². The Balaban J connectivity index is 0.000000217. The molecule has 0 fully saturated rings. The topological polar surface area (TPSA) is 26.0 Å². The van der Waals surface area contributed by atoms with Crippen molar-refractivity contribution in [3.63, 3.8) is 0 Å². The molecule has 0 aliphatic carbocycles. The summed E-state index contributed by atoms with van der Waals surface area (Å²) in [5.41, 5.74) is 6.18. The summed E-state index contributed by atoms with van der Waals surface area (Å²) in [6.07, 6.45) is 0. The molecule has 0 aromatic heterocycles. The van der Waals surface area contributed by atoms with E-state index in [1.807, 2.05) is 30.3 Å². The summed E-state index contributed by atoms with van der Waals surface area (Å²) in [4.78, 5) is 0. The van der Waals surface area contributed by atoms with Crippen molar-refractivity contribution in [3.05, 3.63) is 30.3 Å². The third-order valence-electron chi connectivity index (χ3n) is 0.800. The van der Waals surface area contributed by atoms with Crippen molar-refractivity contribution in [2.24, 2.45) is 0 Å². The van der Waals surface area contributed by atoms with E-state index in [2.05, 4.69) is 0 Å². The average molecular weight is 362 g/mol. The summed E-state index contributed by atoms with van der Waals surface area (Å²) in [5, 5.41) is 0. The second-order valence-electron chi connectivity index (χ2n) is 1.73. The molecule has 0 atom stereocenters. The zero-order valence-corrected chi connectivity index (χ0v) is 11.0. The van der Waals surface area contributed by atoms with Crippen LogP contribution in [-0.4, -0.2) is 0 Å². The van der Waals surface area contributed by atoms with Crippen LogP contribution in [0.2, 0.25) is 0 Å². The van der Waals surface area contributed by atoms with E-state index < -0.39 is 13.9 Å². The van der Waals surface area contributed by atoms with Crippen molar-refractivity contribution in [2.45, 2.75) is 0 Å². The van der Waals surface area contributed by atoms with E-state index >= 15 is 0 Å². The van der Waals surface area contributed by atoms with Crippen LogP contribution in [0.5, 0.6) is 0 Å². The SMILES string of the molecule is Cl[I-](Cl)(Cl)Cl.Nc1ccccc1. The Labute approximate surface area is 90.5 Å². The number of nitrogen functional groups attached to an aromatic ring is 1. The van der Waals surface area contributed by atoms with Crippen molar-refractivity contribution in [1.29, 1.82) is 0 Å². The number of hydrogen-bond acceptors (Lipinski definition) is 1. The van der Waals surface area contributed by atoms with Gasteiger partial charge in [0.1, 0.15) is 0 Å². The maximum absolute atomic E-state index is 5.36. The van der Waals surface area contributed by atoms with Crippen molar-refractivity contribution in [3.8, 4) is 0 Å². The minimum absolute atomic E-state index is 0.822. The number of anilines is 1. The predicted octanol–water partition coefficient (Wildman–Crippen LogP) is 1.03. The van der Waals surface area contributed by atoms with Gasteiger partial charge in [-0.2, -0.15) is 0 Å². The molecule has 0 aliphatic rings. The zero-order chi connectivity index (χ0) is 9.61. The van der Waals surface area contributed by atoms with E-state index in [0.717, 1.165) is 5.69 Å². The van der Waals surface area contributed by atoms with Crippen molar-refractivity contribution >= 4 is 41.3 Å². The molecule has 1 aromatic rings. The van der Waals surface area contributed by atoms with Gasteiger partial charge in [-0.15, -0.1) is 0 Å². The van der Waals surface area contributed by atoms with Crippen molar-refractivity contribution in [1.82, 2.24) is 0 Å². The molecule has 0 radical (unpaired) electrons. The van der Waals surface area contributed by atoms with E-state index in [1.54, 1.807) is 0 Å². The first-order chi connectivity index (χ1) is 5.39. The third kappa shape index (κ3) is 13.5. The molecule has 0 unspecified atom stereocenters. The van der Waals surface area contributed by atoms with Gasteiger partial charge in [-0.3, -0.25) is 0 Å². The summed E-state index contributed by atoms with van der Waals surface area (Å²) in [6.45, 7) is 0. The molecule has 1 rings (SSSR count). The van der Waals surface area contributed by atoms with Gasteiger partial charge >= 0.3 is 49.6 Å². The number of benzene rings is 1. The minimum atomic E-state index is -3.05. The van der Waals surface area contributed by atoms with Crippen LogP contribution in [0.15, 0.2) is 30.3 Å². The molecular formula is C6H7Cl4IN-. The van der Waals surface area contributed by atoms with E-state index in [0.29, 0.717) is 0 Å². The maximum Gasteiger partial charge on any atom is 0.0313 e. The van der Waals surface area contributed by atoms with Gasteiger partial charge < -0.3 is 5.73 Å². The van der Waals surface area contributed by atoms with Crippen LogP contribution in [-0.2, 0) is 0 Å². The smallest absolute Gasteiger partial charge is 0.0313 e. The number of para-hydroxylation sites is 1. The Hall–Kier alpha value is 0.910. The first kappa shape index (κ1) is 12.9. The number of rotatable bonds is 0. The van der Waals surface area contributed by atoms with E-state index in [1.165, 1.54) is 0 Å². The van der Waals surface area contributed by atoms with Gasteiger partial charge in [0, 0.05) is 5.69 Å². The molecule has 0 saturated heterocycles. The van der Waals surface area contributed by atoms with Gasteiger partial charge in [-0.05, 0) is 12.1 Å². The Morgan fingerprint density at radius 2 is 1.25 bits per heavy atom. The normalized spacial score (nSPS) is 11.3. The summed E-state index contributed by atoms with van der Waals surface area (Å²) in [7, 11) is 20.0. The summed E-state index contributed by atoms with van der Waals surface area (Å²) in [6, 6.07) is 9.49. The Morgan fingerprint density at radius 3 is 1.42 bits per heavy atom. The fraction of sp³-hybridized carbons (Fsp3) is 0. The molecule has 0 amide bonds. The van der Waals surface area contributed by atoms with Crippen molar-refractivity contribution < 1.29 is 13.9 Å². The summed E-state index contributed by atoms with van der Waals surface area (Å²) < 4.78 is 0. The van der Waals surface area contributed by atoms with Gasteiger partial charge in [0.05, 0.1) is 0 Å². The molecular weight excluding hydrogens is 355 g/mol. The monoisotopic (exact) mass is 360 g/mol. The quantitative estimate of drug-likeness (QED) is 0.542.